The minimum atomic E-state index is 0.0559. The first-order valence-corrected chi connectivity index (χ1v) is 11.8. The molecule has 0 radical (unpaired) electrons. The zero-order valence-corrected chi connectivity index (χ0v) is 19.3. The third kappa shape index (κ3) is 4.55. The minimum absolute atomic E-state index is 0.0559. The maximum atomic E-state index is 12.9. The Labute approximate surface area is 200 Å². The van der Waals surface area contributed by atoms with E-state index in [0.717, 1.165) is 52.1 Å². The monoisotopic (exact) mass is 452 g/mol. The van der Waals surface area contributed by atoms with E-state index in [1.165, 1.54) is 0 Å². The largest absolute Gasteiger partial charge is 0.490 e. The van der Waals surface area contributed by atoms with Gasteiger partial charge in [0.1, 0.15) is 11.9 Å². The van der Waals surface area contributed by atoms with Gasteiger partial charge in [-0.3, -0.25) is 4.79 Å². The number of hydrogen-bond acceptors (Lipinski definition) is 5. The van der Waals surface area contributed by atoms with E-state index in [1.807, 2.05) is 54.4 Å². The van der Waals surface area contributed by atoms with Crippen molar-refractivity contribution in [2.75, 3.05) is 19.6 Å². The number of amides is 1. The van der Waals surface area contributed by atoms with Crippen LogP contribution >= 0.6 is 0 Å². The number of rotatable bonds is 4. The average Bonchev–Trinajstić information content (AvgIpc) is 2.89. The summed E-state index contributed by atoms with van der Waals surface area (Å²) in [6.07, 6.45) is 9.55. The van der Waals surface area contributed by atoms with Gasteiger partial charge in [-0.2, -0.15) is 5.26 Å². The summed E-state index contributed by atoms with van der Waals surface area (Å²) in [5.41, 5.74) is 6.83. The molecule has 2 aromatic carbocycles. The first-order valence-electron chi connectivity index (χ1n) is 11.8. The predicted octanol–water partition coefficient (Wildman–Crippen LogP) is 4.10. The number of carbonyl (C=O) groups is 1. The van der Waals surface area contributed by atoms with Crippen LogP contribution in [0, 0.1) is 11.3 Å². The van der Waals surface area contributed by atoms with Gasteiger partial charge in [0.15, 0.2) is 0 Å². The lowest BCUT2D eigenvalue weighted by molar-refractivity contribution is -0.128. The van der Waals surface area contributed by atoms with E-state index in [-0.39, 0.29) is 12.0 Å². The lowest BCUT2D eigenvalue weighted by Crippen LogP contribution is -2.43. The maximum absolute atomic E-state index is 12.9. The Bertz CT molecular complexity index is 1240. The number of nitrogens with zero attached hydrogens (tertiary/aromatic N) is 2. The Morgan fingerprint density at radius 2 is 1.97 bits per heavy atom. The molecule has 1 saturated heterocycles. The molecule has 3 heterocycles. The van der Waals surface area contributed by atoms with Crippen molar-refractivity contribution in [2.45, 2.75) is 32.4 Å². The van der Waals surface area contributed by atoms with Crippen LogP contribution in [0.3, 0.4) is 0 Å². The van der Waals surface area contributed by atoms with Crippen LogP contribution in [-0.4, -0.2) is 36.5 Å². The minimum Gasteiger partial charge on any atom is -0.490 e. The molecular formula is C28H28N4O2. The van der Waals surface area contributed by atoms with Gasteiger partial charge in [0.25, 0.3) is 5.91 Å². The van der Waals surface area contributed by atoms with Crippen LogP contribution in [0.25, 0.3) is 17.2 Å². The summed E-state index contributed by atoms with van der Waals surface area (Å²) in [7, 11) is 0. The Morgan fingerprint density at radius 1 is 1.12 bits per heavy atom. The Balaban J connectivity index is 1.32. The lowest BCUT2D eigenvalue weighted by Gasteiger charge is -2.34. The summed E-state index contributed by atoms with van der Waals surface area (Å²) in [6, 6.07) is 14.1. The fraction of sp³-hybridized carbons (Fsp3) is 0.286. The number of ether oxygens (including phenoxy) is 1. The van der Waals surface area contributed by atoms with Crippen molar-refractivity contribution in [1.82, 2.24) is 15.5 Å². The summed E-state index contributed by atoms with van der Waals surface area (Å²) in [4.78, 5) is 14.8. The number of nitriles is 1. The number of carbonyl (C=O) groups excluding carboxylic acids is 1. The Morgan fingerprint density at radius 3 is 2.74 bits per heavy atom. The molecular weight excluding hydrogens is 424 g/mol. The fourth-order valence-corrected chi connectivity index (χ4v) is 4.64. The molecule has 3 aliphatic rings. The van der Waals surface area contributed by atoms with Gasteiger partial charge in [-0.1, -0.05) is 18.2 Å². The van der Waals surface area contributed by atoms with Crippen LogP contribution in [0.1, 0.15) is 36.5 Å². The molecule has 0 bridgehead atoms. The number of hydrogen-bond donors (Lipinski definition) is 2. The molecule has 172 valence electrons. The van der Waals surface area contributed by atoms with E-state index in [0.29, 0.717) is 31.7 Å². The van der Waals surface area contributed by atoms with E-state index >= 15 is 0 Å². The topological polar surface area (TPSA) is 77.4 Å². The van der Waals surface area contributed by atoms with Crippen molar-refractivity contribution in [2.24, 2.45) is 0 Å². The summed E-state index contributed by atoms with van der Waals surface area (Å²) in [5.74, 6) is 0.983. The van der Waals surface area contributed by atoms with Gasteiger partial charge in [-0.25, -0.2) is 0 Å². The first-order chi connectivity index (χ1) is 16.6. The predicted molar refractivity (Wildman–Crippen MR) is 133 cm³/mol. The van der Waals surface area contributed by atoms with Gasteiger partial charge < -0.3 is 20.3 Å². The smallest absolute Gasteiger partial charge is 0.251 e. The molecule has 6 heteroatoms. The average molecular weight is 453 g/mol. The third-order valence-electron chi connectivity index (χ3n) is 6.62. The highest BCUT2D eigenvalue weighted by Gasteiger charge is 2.27. The molecule has 1 fully saturated rings. The highest BCUT2D eigenvalue weighted by Crippen LogP contribution is 2.34. The second-order valence-corrected chi connectivity index (χ2v) is 8.95. The van der Waals surface area contributed by atoms with Crippen molar-refractivity contribution in [3.63, 3.8) is 0 Å². The SMILES string of the molecule is CC1=CC=C(C(=O)N2CCC(Oc3cc(-c4cccc(C#N)c4)cc4c3CNC=C4)CC2)CN1. The molecule has 0 spiro atoms. The van der Waals surface area contributed by atoms with Crippen molar-refractivity contribution in [3.8, 4) is 22.9 Å². The van der Waals surface area contributed by atoms with Crippen LogP contribution in [0.4, 0.5) is 0 Å². The molecule has 0 atom stereocenters. The van der Waals surface area contributed by atoms with E-state index < -0.39 is 0 Å². The Hall–Kier alpha value is -3.98. The summed E-state index contributed by atoms with van der Waals surface area (Å²) < 4.78 is 6.55. The first kappa shape index (κ1) is 21.8. The number of allylic oxidation sites excluding steroid dienone is 3. The van der Waals surface area contributed by atoms with Crippen molar-refractivity contribution >= 4 is 12.0 Å². The number of benzene rings is 2. The van der Waals surface area contributed by atoms with E-state index in [2.05, 4.69) is 34.9 Å². The summed E-state index contributed by atoms with van der Waals surface area (Å²) >= 11 is 0. The molecule has 2 N–H and O–H groups in total. The molecule has 6 nitrogen and oxygen atoms in total. The van der Waals surface area contributed by atoms with E-state index in [9.17, 15) is 10.1 Å². The normalized spacial score (nSPS) is 17.5. The molecule has 3 aliphatic heterocycles. The van der Waals surface area contributed by atoms with Gasteiger partial charge in [0.2, 0.25) is 0 Å². The molecule has 5 rings (SSSR count). The Kier molecular flexibility index (Phi) is 6.09. The second-order valence-electron chi connectivity index (χ2n) is 8.95. The van der Waals surface area contributed by atoms with Gasteiger partial charge in [-0.05, 0) is 66.2 Å². The molecule has 0 saturated carbocycles. The molecule has 0 unspecified atom stereocenters. The lowest BCUT2D eigenvalue weighted by atomic mass is 9.95. The molecule has 0 aromatic heterocycles. The van der Waals surface area contributed by atoms with Gasteiger partial charge in [0.05, 0.1) is 11.6 Å². The fourth-order valence-electron chi connectivity index (χ4n) is 4.64. The van der Waals surface area contributed by atoms with Crippen LogP contribution in [0.15, 0.2) is 66.0 Å². The molecule has 2 aromatic rings. The zero-order chi connectivity index (χ0) is 23.5. The van der Waals surface area contributed by atoms with Crippen LogP contribution in [0.5, 0.6) is 5.75 Å². The molecule has 1 amide bonds. The highest BCUT2D eigenvalue weighted by molar-refractivity contribution is 5.94. The van der Waals surface area contributed by atoms with Crippen LogP contribution in [-0.2, 0) is 11.3 Å². The zero-order valence-electron chi connectivity index (χ0n) is 19.3. The molecule has 0 aliphatic carbocycles. The second kappa shape index (κ2) is 9.48. The van der Waals surface area contributed by atoms with Crippen molar-refractivity contribution < 1.29 is 9.53 Å². The van der Waals surface area contributed by atoms with Crippen LogP contribution < -0.4 is 15.4 Å². The number of fused-ring (bicyclic) bond motifs is 1. The van der Waals surface area contributed by atoms with Gasteiger partial charge >= 0.3 is 0 Å². The number of dihydropyridines is 1. The van der Waals surface area contributed by atoms with Gasteiger partial charge in [0, 0.05) is 55.9 Å². The summed E-state index contributed by atoms with van der Waals surface area (Å²) in [5, 5.41) is 15.8. The van der Waals surface area contributed by atoms with E-state index in [4.69, 9.17) is 4.74 Å². The standard InChI is InChI=1S/C28H28N4O2/c1-19-5-6-23(17-31-19)28(33)32-11-8-25(9-12-32)34-27-15-24(14-22-7-10-30-18-26(22)27)21-4-2-3-20(13-21)16-29/h2-7,10,13-15,25,30-31H,8-9,11-12,17-18H2,1H3. The van der Waals surface area contributed by atoms with Gasteiger partial charge in [-0.15, -0.1) is 0 Å². The van der Waals surface area contributed by atoms with Crippen molar-refractivity contribution in [3.05, 3.63) is 82.7 Å². The summed E-state index contributed by atoms with van der Waals surface area (Å²) in [6.45, 7) is 4.68. The van der Waals surface area contributed by atoms with Crippen LogP contribution in [0.2, 0.25) is 0 Å². The number of likely N-dealkylation sites (tertiary alicyclic amines) is 1. The van der Waals surface area contributed by atoms with Crippen molar-refractivity contribution in [1.29, 1.82) is 5.26 Å². The third-order valence-corrected chi connectivity index (χ3v) is 6.62. The maximum Gasteiger partial charge on any atom is 0.251 e. The number of nitrogens with one attached hydrogen (secondary N) is 2. The molecule has 34 heavy (non-hydrogen) atoms. The van der Waals surface area contributed by atoms with E-state index in [1.54, 1.807) is 0 Å². The quantitative estimate of drug-likeness (QED) is 0.730. The highest BCUT2D eigenvalue weighted by atomic mass is 16.5. The number of piperidine rings is 1.